The second-order valence-electron chi connectivity index (χ2n) is 7.40. The molecule has 0 aromatic heterocycles. The zero-order chi connectivity index (χ0) is 21.9. The summed E-state index contributed by atoms with van der Waals surface area (Å²) in [4.78, 5) is 36.1. The van der Waals surface area contributed by atoms with Crippen molar-refractivity contribution in [3.8, 4) is 0 Å². The van der Waals surface area contributed by atoms with E-state index < -0.39 is 48.2 Å². The molecule has 0 bridgehead atoms. The van der Waals surface area contributed by atoms with Crippen LogP contribution in [0.25, 0.3) is 0 Å². The van der Waals surface area contributed by atoms with E-state index >= 15 is 0 Å². The van der Waals surface area contributed by atoms with E-state index in [-0.39, 0.29) is 5.57 Å². The number of carbonyl (C=O) groups excluding carboxylic acids is 3. The van der Waals surface area contributed by atoms with Gasteiger partial charge in [0.25, 0.3) is 0 Å². The minimum atomic E-state index is -1.19. The summed E-state index contributed by atoms with van der Waals surface area (Å²) in [5.41, 5.74) is 1.71. The summed E-state index contributed by atoms with van der Waals surface area (Å²) in [6.07, 6.45) is 1.71. The molecule has 1 aliphatic heterocycles. The first-order chi connectivity index (χ1) is 13.6. The first-order valence-corrected chi connectivity index (χ1v) is 9.50. The smallest absolute Gasteiger partial charge is 0.334 e. The normalized spacial score (nSPS) is 34.1. The Hall–Kier alpha value is -2.67. The molecule has 1 fully saturated rings. The van der Waals surface area contributed by atoms with Crippen LogP contribution in [-0.4, -0.2) is 47.4 Å². The van der Waals surface area contributed by atoms with Crippen molar-refractivity contribution in [2.24, 2.45) is 5.92 Å². The van der Waals surface area contributed by atoms with Crippen molar-refractivity contribution in [1.29, 1.82) is 0 Å². The van der Waals surface area contributed by atoms with Crippen molar-refractivity contribution in [2.75, 3.05) is 0 Å². The summed E-state index contributed by atoms with van der Waals surface area (Å²) in [5, 5.41) is 10.9. The molecule has 1 saturated heterocycles. The maximum Gasteiger partial charge on any atom is 0.334 e. The Morgan fingerprint density at radius 1 is 1.24 bits per heavy atom. The van der Waals surface area contributed by atoms with Gasteiger partial charge in [0.2, 0.25) is 0 Å². The fourth-order valence-corrected chi connectivity index (χ4v) is 3.36. The molecule has 0 saturated carbocycles. The van der Waals surface area contributed by atoms with Crippen molar-refractivity contribution < 1.29 is 33.7 Å². The number of aliphatic hydroxyl groups excluding tert-OH is 1. The van der Waals surface area contributed by atoms with E-state index in [4.69, 9.17) is 14.2 Å². The third kappa shape index (κ3) is 5.03. The molecule has 7 heteroatoms. The van der Waals surface area contributed by atoms with E-state index in [1.54, 1.807) is 45.9 Å². The predicted octanol–water partition coefficient (Wildman–Crippen LogP) is 2.55. The van der Waals surface area contributed by atoms with Gasteiger partial charge in [-0.25, -0.2) is 9.59 Å². The van der Waals surface area contributed by atoms with Crippen molar-refractivity contribution >= 4 is 17.9 Å². The van der Waals surface area contributed by atoms with Crippen LogP contribution in [0.15, 0.2) is 47.1 Å². The fourth-order valence-electron chi connectivity index (χ4n) is 3.36. The van der Waals surface area contributed by atoms with Gasteiger partial charge in [-0.05, 0) is 44.9 Å². The van der Waals surface area contributed by atoms with Gasteiger partial charge in [-0.3, -0.25) is 4.79 Å². The van der Waals surface area contributed by atoms with E-state index in [0.29, 0.717) is 23.1 Å². The highest BCUT2D eigenvalue weighted by atomic mass is 16.6. The van der Waals surface area contributed by atoms with Crippen molar-refractivity contribution in [3.05, 3.63) is 47.1 Å². The number of fused-ring (bicyclic) bond motifs is 1. The lowest BCUT2D eigenvalue weighted by atomic mass is 9.83. The van der Waals surface area contributed by atoms with Gasteiger partial charge in [-0.15, -0.1) is 0 Å². The lowest BCUT2D eigenvalue weighted by Gasteiger charge is -2.32. The Balaban J connectivity index is 2.52. The largest absolute Gasteiger partial charge is 0.458 e. The van der Waals surface area contributed by atoms with Crippen LogP contribution in [0.2, 0.25) is 0 Å². The molecular formula is C22H28O7. The van der Waals surface area contributed by atoms with Gasteiger partial charge in [0.05, 0.1) is 5.92 Å². The molecule has 1 N–H and O–H groups in total. The molecule has 0 unspecified atom stereocenters. The average Bonchev–Trinajstić information content (AvgIpc) is 2.93. The van der Waals surface area contributed by atoms with Crippen molar-refractivity contribution in [3.63, 3.8) is 0 Å². The number of esters is 3. The van der Waals surface area contributed by atoms with Gasteiger partial charge in [0.1, 0.15) is 24.4 Å². The third-order valence-electron chi connectivity index (χ3n) is 5.29. The highest BCUT2D eigenvalue weighted by Crippen LogP contribution is 2.37. The quantitative estimate of drug-likeness (QED) is 0.334. The summed E-state index contributed by atoms with van der Waals surface area (Å²) in [5.74, 6) is -2.43. The molecule has 0 aromatic rings. The maximum absolute atomic E-state index is 12.4. The van der Waals surface area contributed by atoms with Crippen LogP contribution in [0.3, 0.4) is 0 Å². The molecule has 1 aliphatic carbocycles. The fraction of sp³-hybridized carbons (Fsp3) is 0.500. The lowest BCUT2D eigenvalue weighted by Crippen LogP contribution is -2.43. The Morgan fingerprint density at radius 2 is 1.90 bits per heavy atom. The van der Waals surface area contributed by atoms with E-state index in [0.717, 1.165) is 0 Å². The summed E-state index contributed by atoms with van der Waals surface area (Å²) in [7, 11) is 0. The van der Waals surface area contributed by atoms with Crippen molar-refractivity contribution in [1.82, 2.24) is 0 Å². The predicted molar refractivity (Wildman–Crippen MR) is 106 cm³/mol. The molecule has 2 rings (SSSR count). The SMILES string of the molecule is C=C1C(=O)O[C@H]2/C=C(/C)[C@@H](OC(C)=O)C/C=C(\C)[C@@H](O)[C@@H](OC(=O)/C(C)=C\C)[C@@H]12. The Morgan fingerprint density at radius 3 is 2.48 bits per heavy atom. The highest BCUT2D eigenvalue weighted by Gasteiger charge is 2.47. The van der Waals surface area contributed by atoms with E-state index in [1.807, 2.05) is 0 Å². The van der Waals surface area contributed by atoms with Crippen LogP contribution < -0.4 is 0 Å². The molecule has 0 spiro atoms. The second kappa shape index (κ2) is 9.22. The van der Waals surface area contributed by atoms with Gasteiger partial charge in [0, 0.05) is 24.5 Å². The molecule has 1 heterocycles. The zero-order valence-corrected chi connectivity index (χ0v) is 17.4. The Kier molecular flexibility index (Phi) is 7.19. The average molecular weight is 404 g/mol. The molecule has 2 aliphatic rings. The molecule has 158 valence electrons. The minimum absolute atomic E-state index is 0.117. The topological polar surface area (TPSA) is 99.1 Å². The van der Waals surface area contributed by atoms with Crippen LogP contribution in [0.5, 0.6) is 0 Å². The number of ether oxygens (including phenoxy) is 3. The Labute approximate surface area is 170 Å². The molecule has 7 nitrogen and oxygen atoms in total. The zero-order valence-electron chi connectivity index (χ0n) is 17.4. The standard InChI is InChI=1S/C22H28O7/c1-7-11(2)21(25)29-20-18-14(5)22(26)28-17(18)10-13(4)16(27-15(6)23)9-8-12(3)19(20)24/h7-8,10,16-20,24H,5,9H2,1-4,6H3/b11-7-,12-8+,13-10-/t16-,17-,18-,19+,20-/m0/s1. The van der Waals surface area contributed by atoms with Crippen LogP contribution in [-0.2, 0) is 28.6 Å². The number of carbonyl (C=O) groups is 3. The number of hydrogen-bond acceptors (Lipinski definition) is 7. The van der Waals surface area contributed by atoms with Crippen molar-refractivity contribution in [2.45, 2.75) is 65.5 Å². The molecule has 5 atom stereocenters. The minimum Gasteiger partial charge on any atom is -0.458 e. The molecule has 0 aromatic carbocycles. The van der Waals surface area contributed by atoms with Gasteiger partial charge in [-0.1, -0.05) is 18.7 Å². The van der Waals surface area contributed by atoms with Crippen LogP contribution in [0.1, 0.15) is 41.0 Å². The second-order valence-corrected chi connectivity index (χ2v) is 7.40. The summed E-state index contributed by atoms with van der Waals surface area (Å²) in [6, 6.07) is 0. The van der Waals surface area contributed by atoms with Gasteiger partial charge >= 0.3 is 17.9 Å². The first-order valence-electron chi connectivity index (χ1n) is 9.50. The number of rotatable bonds is 3. The summed E-state index contributed by atoms with van der Waals surface area (Å²) < 4.78 is 16.4. The maximum atomic E-state index is 12.4. The summed E-state index contributed by atoms with van der Waals surface area (Å²) in [6.45, 7) is 11.9. The monoisotopic (exact) mass is 404 g/mol. The van der Waals surface area contributed by atoms with Crippen LogP contribution >= 0.6 is 0 Å². The van der Waals surface area contributed by atoms with E-state index in [9.17, 15) is 19.5 Å². The Bertz CT molecular complexity index is 802. The van der Waals surface area contributed by atoms with E-state index in [1.165, 1.54) is 6.92 Å². The molecule has 29 heavy (non-hydrogen) atoms. The molecular weight excluding hydrogens is 376 g/mol. The van der Waals surface area contributed by atoms with E-state index in [2.05, 4.69) is 6.58 Å². The highest BCUT2D eigenvalue weighted by molar-refractivity contribution is 5.92. The molecule has 0 amide bonds. The number of aliphatic hydroxyl groups is 1. The number of allylic oxidation sites excluding steroid dienone is 1. The van der Waals surface area contributed by atoms with Gasteiger partial charge in [0.15, 0.2) is 0 Å². The molecule has 0 radical (unpaired) electrons. The van der Waals surface area contributed by atoms with Gasteiger partial charge in [-0.2, -0.15) is 0 Å². The first kappa shape index (κ1) is 22.6. The van der Waals surface area contributed by atoms with Gasteiger partial charge < -0.3 is 19.3 Å². The third-order valence-corrected chi connectivity index (χ3v) is 5.29. The van der Waals surface area contributed by atoms with Crippen LogP contribution in [0, 0.1) is 5.92 Å². The summed E-state index contributed by atoms with van der Waals surface area (Å²) >= 11 is 0. The van der Waals surface area contributed by atoms with Crippen LogP contribution in [0.4, 0.5) is 0 Å². The lowest BCUT2D eigenvalue weighted by molar-refractivity contribution is -0.153. The number of hydrogen-bond donors (Lipinski definition) is 1.